The number of nitrogen functional groups attached to an aromatic ring is 1. The second-order valence-corrected chi connectivity index (χ2v) is 5.22. The number of nitro benzene ring substituents is 1. The zero-order chi connectivity index (χ0) is 15.6. The average Bonchev–Trinajstić information content (AvgIpc) is 2.37. The molecule has 0 atom stereocenters. The van der Waals surface area contributed by atoms with Gasteiger partial charge in [0.15, 0.2) is 0 Å². The van der Waals surface area contributed by atoms with Crippen molar-refractivity contribution in [1.29, 1.82) is 5.41 Å². The normalized spacial score (nSPS) is 10.2. The van der Waals surface area contributed by atoms with E-state index in [1.165, 1.54) is 12.1 Å². The van der Waals surface area contributed by atoms with E-state index in [1.807, 2.05) is 0 Å². The summed E-state index contributed by atoms with van der Waals surface area (Å²) in [6.45, 7) is 1.65. The van der Waals surface area contributed by atoms with Crippen LogP contribution < -0.4 is 10.5 Å². The minimum absolute atomic E-state index is 0.0420. The molecule has 108 valence electrons. The zero-order valence-corrected chi connectivity index (χ0v) is 12.7. The lowest BCUT2D eigenvalue weighted by Crippen LogP contribution is -2.11. The number of ether oxygens (including phenoxy) is 1. The van der Waals surface area contributed by atoms with Gasteiger partial charge in [0.2, 0.25) is 0 Å². The lowest BCUT2D eigenvalue weighted by molar-refractivity contribution is -0.385. The van der Waals surface area contributed by atoms with Crippen LogP contribution in [0.25, 0.3) is 0 Å². The Morgan fingerprint density at radius 2 is 1.90 bits per heavy atom. The molecule has 0 bridgehead atoms. The van der Waals surface area contributed by atoms with E-state index in [0.717, 1.165) is 0 Å². The maximum Gasteiger partial charge on any atom is 0.272 e. The van der Waals surface area contributed by atoms with Gasteiger partial charge >= 0.3 is 0 Å². The Morgan fingerprint density at radius 3 is 2.43 bits per heavy atom. The van der Waals surface area contributed by atoms with Gasteiger partial charge in [0.05, 0.1) is 4.92 Å². The summed E-state index contributed by atoms with van der Waals surface area (Å²) in [4.78, 5) is 10.3. The van der Waals surface area contributed by atoms with Crippen LogP contribution in [-0.2, 0) is 0 Å². The number of halogens is 1. The monoisotopic (exact) mass is 349 g/mol. The van der Waals surface area contributed by atoms with Crippen molar-refractivity contribution in [1.82, 2.24) is 0 Å². The summed E-state index contributed by atoms with van der Waals surface area (Å²) < 4.78 is 6.29. The number of hydrogen-bond donors (Lipinski definition) is 2. The summed E-state index contributed by atoms with van der Waals surface area (Å²) in [5.41, 5.74) is 6.58. The van der Waals surface area contributed by atoms with Crippen LogP contribution in [0.3, 0.4) is 0 Å². The maximum absolute atomic E-state index is 10.8. The zero-order valence-electron chi connectivity index (χ0n) is 11.1. The van der Waals surface area contributed by atoms with Crippen molar-refractivity contribution in [3.63, 3.8) is 0 Å². The first-order chi connectivity index (χ1) is 9.88. The molecule has 7 heteroatoms. The fourth-order valence-corrected chi connectivity index (χ4v) is 2.38. The fraction of sp³-hybridized carbons (Fsp3) is 0.0714. The molecule has 0 spiro atoms. The van der Waals surface area contributed by atoms with E-state index < -0.39 is 4.92 Å². The second-order valence-electron chi connectivity index (χ2n) is 4.36. The fourth-order valence-electron chi connectivity index (χ4n) is 1.81. The molecule has 0 amide bonds. The first kappa shape index (κ1) is 15.0. The molecule has 0 heterocycles. The topological polar surface area (TPSA) is 102 Å². The molecule has 6 nitrogen and oxygen atoms in total. The minimum Gasteiger partial charge on any atom is -0.457 e. The molecule has 0 saturated carbocycles. The summed E-state index contributed by atoms with van der Waals surface area (Å²) in [6, 6.07) is 9.58. The summed E-state index contributed by atoms with van der Waals surface area (Å²) >= 11 is 3.32. The van der Waals surface area contributed by atoms with Gasteiger partial charge in [-0.15, -0.1) is 0 Å². The van der Waals surface area contributed by atoms with E-state index >= 15 is 0 Å². The molecule has 2 aromatic rings. The molecule has 0 aliphatic rings. The Bertz CT molecular complexity index is 670. The van der Waals surface area contributed by atoms with Crippen molar-refractivity contribution < 1.29 is 9.66 Å². The molecule has 0 aliphatic heterocycles. The smallest absolute Gasteiger partial charge is 0.272 e. The Kier molecular flexibility index (Phi) is 4.23. The Balaban J connectivity index is 2.26. The highest BCUT2D eigenvalue weighted by Crippen LogP contribution is 2.29. The number of benzene rings is 2. The summed E-state index contributed by atoms with van der Waals surface area (Å²) in [7, 11) is 0. The van der Waals surface area contributed by atoms with Crippen molar-refractivity contribution >= 4 is 27.5 Å². The Morgan fingerprint density at radius 1 is 1.29 bits per heavy atom. The van der Waals surface area contributed by atoms with Crippen LogP contribution in [0.2, 0.25) is 0 Å². The van der Waals surface area contributed by atoms with E-state index in [2.05, 4.69) is 15.9 Å². The lowest BCUT2D eigenvalue weighted by atomic mass is 10.2. The van der Waals surface area contributed by atoms with E-state index in [4.69, 9.17) is 15.9 Å². The quantitative estimate of drug-likeness (QED) is 0.379. The molecular formula is C14H12BrN3O3. The summed E-state index contributed by atoms with van der Waals surface area (Å²) in [6.07, 6.45) is 0. The highest BCUT2D eigenvalue weighted by atomic mass is 79.9. The van der Waals surface area contributed by atoms with Gasteiger partial charge in [-0.1, -0.05) is 0 Å². The molecule has 21 heavy (non-hydrogen) atoms. The Hall–Kier alpha value is -2.41. The summed E-state index contributed by atoms with van der Waals surface area (Å²) in [5, 5.41) is 18.2. The molecule has 0 aliphatic carbocycles. The SMILES string of the molecule is Cc1cc(Oc2ccc(C(=N)N)c(Br)c2)ccc1[N+](=O)[O-]. The highest BCUT2D eigenvalue weighted by molar-refractivity contribution is 9.10. The van der Waals surface area contributed by atoms with Crippen LogP contribution in [-0.4, -0.2) is 10.8 Å². The number of nitrogens with zero attached hydrogens (tertiary/aromatic N) is 1. The Labute approximate surface area is 129 Å². The molecule has 0 aromatic heterocycles. The van der Waals surface area contributed by atoms with E-state index in [9.17, 15) is 10.1 Å². The van der Waals surface area contributed by atoms with Crippen LogP contribution in [0, 0.1) is 22.4 Å². The molecule has 0 unspecified atom stereocenters. The van der Waals surface area contributed by atoms with Gasteiger partial charge in [0.1, 0.15) is 17.3 Å². The van der Waals surface area contributed by atoms with E-state index in [0.29, 0.717) is 27.1 Å². The number of nitro groups is 1. The van der Waals surface area contributed by atoms with Crippen molar-refractivity contribution in [2.75, 3.05) is 0 Å². The van der Waals surface area contributed by atoms with Gasteiger partial charge in [-0.05, 0) is 53.2 Å². The first-order valence-corrected chi connectivity index (χ1v) is 6.74. The van der Waals surface area contributed by atoms with Gasteiger partial charge in [0, 0.05) is 21.7 Å². The number of amidine groups is 1. The van der Waals surface area contributed by atoms with Crippen molar-refractivity contribution in [2.24, 2.45) is 5.73 Å². The molecule has 0 radical (unpaired) electrons. The van der Waals surface area contributed by atoms with E-state index in [-0.39, 0.29) is 11.5 Å². The maximum atomic E-state index is 10.8. The number of rotatable bonds is 4. The second kappa shape index (κ2) is 5.92. The minimum atomic E-state index is -0.433. The van der Waals surface area contributed by atoms with Gasteiger partial charge in [0.25, 0.3) is 5.69 Å². The van der Waals surface area contributed by atoms with Crippen LogP contribution in [0.4, 0.5) is 5.69 Å². The molecule has 0 saturated heterocycles. The predicted molar refractivity (Wildman–Crippen MR) is 83.1 cm³/mol. The van der Waals surface area contributed by atoms with Gasteiger partial charge in [-0.2, -0.15) is 0 Å². The largest absolute Gasteiger partial charge is 0.457 e. The standard InChI is InChI=1S/C14H12BrN3O3/c1-8-6-9(3-5-13(8)18(19)20)21-10-2-4-11(14(16)17)12(15)7-10/h2-7H,1H3,(H3,16,17). The van der Waals surface area contributed by atoms with Crippen molar-refractivity contribution in [2.45, 2.75) is 6.92 Å². The molecule has 0 fully saturated rings. The number of aryl methyl sites for hydroxylation is 1. The number of hydrogen-bond acceptors (Lipinski definition) is 4. The van der Waals surface area contributed by atoms with Gasteiger partial charge in [-0.25, -0.2) is 0 Å². The first-order valence-electron chi connectivity index (χ1n) is 5.95. The number of nitrogens with one attached hydrogen (secondary N) is 1. The van der Waals surface area contributed by atoms with Gasteiger partial charge in [-0.3, -0.25) is 15.5 Å². The van der Waals surface area contributed by atoms with Crippen molar-refractivity contribution in [3.05, 3.63) is 62.1 Å². The third-order valence-corrected chi connectivity index (χ3v) is 3.49. The molecule has 2 rings (SSSR count). The third-order valence-electron chi connectivity index (χ3n) is 2.83. The predicted octanol–water partition coefficient (Wildman–Crippen LogP) is 3.74. The van der Waals surface area contributed by atoms with Crippen LogP contribution in [0.5, 0.6) is 11.5 Å². The average molecular weight is 350 g/mol. The molecular weight excluding hydrogens is 338 g/mol. The van der Waals surface area contributed by atoms with E-state index in [1.54, 1.807) is 31.2 Å². The van der Waals surface area contributed by atoms with Crippen LogP contribution in [0.15, 0.2) is 40.9 Å². The van der Waals surface area contributed by atoms with Crippen LogP contribution in [0.1, 0.15) is 11.1 Å². The summed E-state index contributed by atoms with van der Waals surface area (Å²) in [5.74, 6) is 1.00. The van der Waals surface area contributed by atoms with Crippen LogP contribution >= 0.6 is 15.9 Å². The molecule has 2 aromatic carbocycles. The lowest BCUT2D eigenvalue weighted by Gasteiger charge is -2.09. The molecule has 3 N–H and O–H groups in total. The highest BCUT2D eigenvalue weighted by Gasteiger charge is 2.11. The van der Waals surface area contributed by atoms with Crippen molar-refractivity contribution in [3.8, 4) is 11.5 Å². The third kappa shape index (κ3) is 3.38. The van der Waals surface area contributed by atoms with Gasteiger partial charge < -0.3 is 10.5 Å². The number of nitrogens with two attached hydrogens (primary N) is 1.